The Kier molecular flexibility index (Phi) is 6.15. The summed E-state index contributed by atoms with van der Waals surface area (Å²) in [7, 11) is 0. The van der Waals surface area contributed by atoms with Crippen LogP contribution in [0.4, 0.5) is 0 Å². The highest BCUT2D eigenvalue weighted by Gasteiger charge is 2.38. The number of ether oxygens (including phenoxy) is 2. The second-order valence-electron chi connectivity index (χ2n) is 6.08. The molecule has 0 aromatic rings. The van der Waals surface area contributed by atoms with Gasteiger partial charge in [0.1, 0.15) is 0 Å². The highest BCUT2D eigenvalue weighted by atomic mass is 16.6. The fourth-order valence-electron chi connectivity index (χ4n) is 3.10. The monoisotopic (exact) mass is 268 g/mol. The van der Waals surface area contributed by atoms with Crippen LogP contribution in [0.2, 0.25) is 0 Å². The minimum absolute atomic E-state index is 0.0424. The number of hydrogen-bond acceptors (Lipinski definition) is 3. The van der Waals surface area contributed by atoms with E-state index in [-0.39, 0.29) is 11.9 Å². The first-order chi connectivity index (χ1) is 9.31. The molecule has 3 heteroatoms. The van der Waals surface area contributed by atoms with E-state index in [0.717, 1.165) is 32.3 Å². The fourth-order valence-corrected chi connectivity index (χ4v) is 3.10. The van der Waals surface area contributed by atoms with Gasteiger partial charge in [-0.3, -0.25) is 4.79 Å². The van der Waals surface area contributed by atoms with E-state index < -0.39 is 0 Å². The maximum Gasteiger partial charge on any atom is 0.308 e. The lowest BCUT2D eigenvalue weighted by Gasteiger charge is -2.26. The lowest BCUT2D eigenvalue weighted by molar-refractivity contribution is -0.150. The largest absolute Gasteiger partial charge is 0.465 e. The van der Waals surface area contributed by atoms with Gasteiger partial charge in [-0.25, -0.2) is 0 Å². The first kappa shape index (κ1) is 14.8. The van der Waals surface area contributed by atoms with E-state index in [9.17, 15) is 4.79 Å². The van der Waals surface area contributed by atoms with Crippen molar-refractivity contribution in [3.8, 4) is 0 Å². The number of epoxide rings is 1. The SMILES string of the molecule is CCCCCCCOC(=O)C1CCCC(C2CO2)C1. The summed E-state index contributed by atoms with van der Waals surface area (Å²) in [5.41, 5.74) is 0. The van der Waals surface area contributed by atoms with Crippen LogP contribution in [-0.2, 0) is 14.3 Å². The normalized spacial score (nSPS) is 30.1. The summed E-state index contributed by atoms with van der Waals surface area (Å²) in [5.74, 6) is 0.787. The third kappa shape index (κ3) is 5.13. The van der Waals surface area contributed by atoms with Crippen LogP contribution < -0.4 is 0 Å². The molecule has 0 spiro atoms. The van der Waals surface area contributed by atoms with Crippen LogP contribution in [0.5, 0.6) is 0 Å². The van der Waals surface area contributed by atoms with Gasteiger partial charge in [0.15, 0.2) is 0 Å². The van der Waals surface area contributed by atoms with Crippen molar-refractivity contribution >= 4 is 5.97 Å². The molecule has 3 atom stereocenters. The lowest BCUT2D eigenvalue weighted by atomic mass is 9.80. The maximum atomic E-state index is 12.0. The zero-order chi connectivity index (χ0) is 13.5. The molecule has 0 aromatic carbocycles. The van der Waals surface area contributed by atoms with Crippen molar-refractivity contribution in [3.63, 3.8) is 0 Å². The summed E-state index contributed by atoms with van der Waals surface area (Å²) < 4.78 is 10.8. The van der Waals surface area contributed by atoms with E-state index in [1.54, 1.807) is 0 Å². The second kappa shape index (κ2) is 7.88. The molecule has 2 rings (SSSR count). The van der Waals surface area contributed by atoms with Crippen LogP contribution in [-0.4, -0.2) is 25.3 Å². The van der Waals surface area contributed by atoms with Gasteiger partial charge in [-0.15, -0.1) is 0 Å². The predicted molar refractivity (Wildman–Crippen MR) is 74.9 cm³/mol. The average Bonchev–Trinajstić information content (AvgIpc) is 3.27. The highest BCUT2D eigenvalue weighted by molar-refractivity contribution is 5.72. The third-order valence-electron chi connectivity index (χ3n) is 4.43. The van der Waals surface area contributed by atoms with Gasteiger partial charge in [-0.1, -0.05) is 39.0 Å². The molecule has 2 fully saturated rings. The molecular weight excluding hydrogens is 240 g/mol. The van der Waals surface area contributed by atoms with Crippen LogP contribution >= 0.6 is 0 Å². The maximum absolute atomic E-state index is 12.0. The number of carbonyl (C=O) groups excluding carboxylic acids is 1. The summed E-state index contributed by atoms with van der Waals surface area (Å²) >= 11 is 0. The van der Waals surface area contributed by atoms with Crippen LogP contribution in [0.3, 0.4) is 0 Å². The first-order valence-corrected chi connectivity index (χ1v) is 8.09. The van der Waals surface area contributed by atoms with Crippen LogP contribution in [0.1, 0.15) is 64.7 Å². The molecule has 0 bridgehead atoms. The molecule has 1 saturated heterocycles. The Bertz CT molecular complexity index is 273. The molecule has 1 saturated carbocycles. The lowest BCUT2D eigenvalue weighted by Crippen LogP contribution is -2.27. The summed E-state index contributed by atoms with van der Waals surface area (Å²) in [6, 6.07) is 0. The van der Waals surface area contributed by atoms with Crippen molar-refractivity contribution in [2.24, 2.45) is 11.8 Å². The highest BCUT2D eigenvalue weighted by Crippen LogP contribution is 2.36. The quantitative estimate of drug-likeness (QED) is 0.383. The van der Waals surface area contributed by atoms with Crippen LogP contribution in [0, 0.1) is 11.8 Å². The smallest absolute Gasteiger partial charge is 0.308 e. The van der Waals surface area contributed by atoms with Gasteiger partial charge in [0, 0.05) is 0 Å². The number of unbranched alkanes of at least 4 members (excludes halogenated alkanes) is 4. The van der Waals surface area contributed by atoms with Gasteiger partial charge >= 0.3 is 5.97 Å². The van der Waals surface area contributed by atoms with E-state index in [1.807, 2.05) is 0 Å². The van der Waals surface area contributed by atoms with Crippen LogP contribution in [0.25, 0.3) is 0 Å². The average molecular weight is 268 g/mol. The van der Waals surface area contributed by atoms with Gasteiger partial charge in [-0.05, 0) is 31.6 Å². The molecular formula is C16H28O3. The van der Waals surface area contributed by atoms with E-state index in [2.05, 4.69) is 6.92 Å². The molecule has 1 aliphatic carbocycles. The van der Waals surface area contributed by atoms with E-state index in [0.29, 0.717) is 18.6 Å². The first-order valence-electron chi connectivity index (χ1n) is 8.09. The molecule has 0 radical (unpaired) electrons. The van der Waals surface area contributed by atoms with Crippen molar-refractivity contribution in [2.45, 2.75) is 70.8 Å². The van der Waals surface area contributed by atoms with Gasteiger partial charge in [0.25, 0.3) is 0 Å². The molecule has 0 N–H and O–H groups in total. The topological polar surface area (TPSA) is 38.8 Å². The van der Waals surface area contributed by atoms with E-state index in [4.69, 9.17) is 9.47 Å². The van der Waals surface area contributed by atoms with Gasteiger partial charge < -0.3 is 9.47 Å². The predicted octanol–water partition coefficient (Wildman–Crippen LogP) is 3.71. The molecule has 1 heterocycles. The zero-order valence-electron chi connectivity index (χ0n) is 12.2. The number of rotatable bonds is 8. The van der Waals surface area contributed by atoms with Crippen molar-refractivity contribution in [2.75, 3.05) is 13.2 Å². The Hall–Kier alpha value is -0.570. The summed E-state index contributed by atoms with van der Waals surface area (Å²) in [5, 5.41) is 0. The third-order valence-corrected chi connectivity index (χ3v) is 4.43. The Morgan fingerprint density at radius 3 is 2.74 bits per heavy atom. The van der Waals surface area contributed by atoms with E-state index >= 15 is 0 Å². The fraction of sp³-hybridized carbons (Fsp3) is 0.938. The number of hydrogen-bond donors (Lipinski definition) is 0. The Balaban J connectivity index is 1.57. The summed E-state index contributed by atoms with van der Waals surface area (Å²) in [4.78, 5) is 12.0. The van der Waals surface area contributed by atoms with Crippen molar-refractivity contribution in [1.82, 2.24) is 0 Å². The van der Waals surface area contributed by atoms with Crippen molar-refractivity contribution < 1.29 is 14.3 Å². The molecule has 2 aliphatic rings. The van der Waals surface area contributed by atoms with Gasteiger partial charge in [0.2, 0.25) is 0 Å². The number of esters is 1. The molecule has 0 amide bonds. The zero-order valence-corrected chi connectivity index (χ0v) is 12.2. The second-order valence-corrected chi connectivity index (χ2v) is 6.08. The minimum atomic E-state index is 0.0424. The van der Waals surface area contributed by atoms with Crippen LogP contribution in [0.15, 0.2) is 0 Å². The number of carbonyl (C=O) groups is 1. The summed E-state index contributed by atoms with van der Waals surface area (Å²) in [6.45, 7) is 3.73. The standard InChI is InChI=1S/C16H28O3/c1-2-3-4-5-6-10-18-16(17)14-9-7-8-13(11-14)15-12-19-15/h13-15H,2-12H2,1H3. The summed E-state index contributed by atoms with van der Waals surface area (Å²) in [6.07, 6.45) is 10.8. The van der Waals surface area contributed by atoms with E-state index in [1.165, 1.54) is 32.1 Å². The molecule has 110 valence electrons. The van der Waals surface area contributed by atoms with Crippen molar-refractivity contribution in [1.29, 1.82) is 0 Å². The Morgan fingerprint density at radius 2 is 2.00 bits per heavy atom. The van der Waals surface area contributed by atoms with Gasteiger partial charge in [0.05, 0.1) is 25.2 Å². The molecule has 1 aliphatic heterocycles. The molecule has 3 nitrogen and oxygen atoms in total. The molecule has 19 heavy (non-hydrogen) atoms. The van der Waals surface area contributed by atoms with Gasteiger partial charge in [-0.2, -0.15) is 0 Å². The Labute approximate surface area is 117 Å². The Morgan fingerprint density at radius 1 is 1.21 bits per heavy atom. The van der Waals surface area contributed by atoms with Crippen molar-refractivity contribution in [3.05, 3.63) is 0 Å². The minimum Gasteiger partial charge on any atom is -0.465 e. The molecule has 3 unspecified atom stereocenters. The molecule has 0 aromatic heterocycles.